The van der Waals surface area contributed by atoms with Crippen molar-refractivity contribution in [1.82, 2.24) is 24.1 Å². The maximum Gasteiger partial charge on any atom is 0.199 e. The molecule has 0 bridgehead atoms. The van der Waals surface area contributed by atoms with E-state index in [-0.39, 0.29) is 0 Å². The van der Waals surface area contributed by atoms with Crippen molar-refractivity contribution in [3.63, 3.8) is 0 Å². The van der Waals surface area contributed by atoms with Gasteiger partial charge in [-0.3, -0.25) is 4.90 Å². The predicted octanol–water partition coefficient (Wildman–Crippen LogP) is 3.26. The van der Waals surface area contributed by atoms with Gasteiger partial charge in [-0.25, -0.2) is 4.68 Å². The van der Waals surface area contributed by atoms with Crippen molar-refractivity contribution in [2.24, 2.45) is 0 Å². The quantitative estimate of drug-likeness (QED) is 0.768. The van der Waals surface area contributed by atoms with Gasteiger partial charge in [0.1, 0.15) is 5.82 Å². The minimum atomic E-state index is 0.387. The minimum absolute atomic E-state index is 0.387. The number of hydrogen-bond acceptors (Lipinski definition) is 4. The van der Waals surface area contributed by atoms with Crippen LogP contribution in [-0.4, -0.2) is 50.8 Å². The Bertz CT molecular complexity index is 777. The maximum atomic E-state index is 5.73. The standard InChI is InChI=1S/C19H27N5S/c1-3-23-18(16-9-10-16)20-24(19(23)25)14-22-12-11-21(2)13-17(22)15-7-5-4-6-8-15/h4-8,16-17H,3,9-14H2,1-2H3/t17-/m1/s1. The Morgan fingerprint density at radius 2 is 1.92 bits per heavy atom. The molecule has 4 rings (SSSR count). The molecule has 0 unspecified atom stereocenters. The topological polar surface area (TPSA) is 29.2 Å². The SMILES string of the molecule is CCn1c(C2CC2)nn(CN2CCN(C)C[C@@H]2c2ccccc2)c1=S. The van der Waals surface area contributed by atoms with Crippen molar-refractivity contribution < 1.29 is 0 Å². The average molecular weight is 358 g/mol. The van der Waals surface area contributed by atoms with Gasteiger partial charge < -0.3 is 9.47 Å². The predicted molar refractivity (Wildman–Crippen MR) is 102 cm³/mol. The van der Waals surface area contributed by atoms with Crippen LogP contribution in [-0.2, 0) is 13.2 Å². The van der Waals surface area contributed by atoms with E-state index >= 15 is 0 Å². The van der Waals surface area contributed by atoms with E-state index in [1.54, 1.807) is 0 Å². The lowest BCUT2D eigenvalue weighted by Crippen LogP contribution is -2.47. The molecule has 25 heavy (non-hydrogen) atoms. The van der Waals surface area contributed by atoms with Gasteiger partial charge in [0.05, 0.1) is 6.67 Å². The summed E-state index contributed by atoms with van der Waals surface area (Å²) in [7, 11) is 2.20. The Balaban J connectivity index is 1.61. The van der Waals surface area contributed by atoms with Gasteiger partial charge in [-0.05, 0) is 44.6 Å². The molecule has 1 aliphatic heterocycles. The second kappa shape index (κ2) is 7.02. The van der Waals surface area contributed by atoms with Gasteiger partial charge in [-0.1, -0.05) is 30.3 Å². The van der Waals surface area contributed by atoms with Crippen LogP contribution < -0.4 is 0 Å². The van der Waals surface area contributed by atoms with Crippen molar-refractivity contribution in [2.45, 2.75) is 44.9 Å². The Hall–Kier alpha value is -1.50. The molecule has 1 aliphatic carbocycles. The van der Waals surface area contributed by atoms with Gasteiger partial charge in [0.15, 0.2) is 4.77 Å². The molecule has 1 saturated heterocycles. The zero-order chi connectivity index (χ0) is 17.4. The van der Waals surface area contributed by atoms with Crippen molar-refractivity contribution in [1.29, 1.82) is 0 Å². The number of hydrogen-bond donors (Lipinski definition) is 0. The van der Waals surface area contributed by atoms with Crippen LogP contribution >= 0.6 is 12.2 Å². The first-order valence-corrected chi connectivity index (χ1v) is 9.73. The van der Waals surface area contributed by atoms with E-state index in [4.69, 9.17) is 17.3 Å². The summed E-state index contributed by atoms with van der Waals surface area (Å²) in [5.41, 5.74) is 1.37. The summed E-state index contributed by atoms with van der Waals surface area (Å²) in [6, 6.07) is 11.2. The van der Waals surface area contributed by atoms with Crippen LogP contribution in [0.25, 0.3) is 0 Å². The lowest BCUT2D eigenvalue weighted by molar-refractivity contribution is 0.0581. The third kappa shape index (κ3) is 3.43. The third-order valence-electron chi connectivity index (χ3n) is 5.40. The van der Waals surface area contributed by atoms with E-state index in [9.17, 15) is 0 Å². The molecule has 1 aromatic heterocycles. The van der Waals surface area contributed by atoms with Crippen LogP contribution in [0.2, 0.25) is 0 Å². The number of likely N-dealkylation sites (N-methyl/N-ethyl adjacent to an activating group) is 1. The summed E-state index contributed by atoms with van der Waals surface area (Å²) in [4.78, 5) is 4.93. The number of benzene rings is 1. The van der Waals surface area contributed by atoms with E-state index in [0.717, 1.165) is 37.6 Å². The molecule has 1 saturated carbocycles. The van der Waals surface area contributed by atoms with Crippen molar-refractivity contribution in [3.8, 4) is 0 Å². The van der Waals surface area contributed by atoms with Gasteiger partial charge in [0.2, 0.25) is 0 Å². The molecule has 0 amide bonds. The summed E-state index contributed by atoms with van der Waals surface area (Å²) in [5, 5.41) is 4.90. The molecule has 5 nitrogen and oxygen atoms in total. The first-order valence-electron chi connectivity index (χ1n) is 9.32. The third-order valence-corrected chi connectivity index (χ3v) is 5.84. The Kier molecular flexibility index (Phi) is 4.75. The molecular weight excluding hydrogens is 330 g/mol. The normalized spacial score (nSPS) is 22.4. The van der Waals surface area contributed by atoms with Crippen molar-refractivity contribution in [3.05, 3.63) is 46.5 Å². The van der Waals surface area contributed by atoms with Crippen LogP contribution in [0.3, 0.4) is 0 Å². The van der Waals surface area contributed by atoms with Crippen LogP contribution in [0.5, 0.6) is 0 Å². The maximum absolute atomic E-state index is 5.73. The number of aromatic nitrogens is 3. The second-order valence-corrected chi connectivity index (χ2v) is 7.67. The minimum Gasteiger partial charge on any atom is -0.304 e. The molecule has 1 aromatic carbocycles. The molecule has 6 heteroatoms. The fourth-order valence-electron chi connectivity index (χ4n) is 3.78. The lowest BCUT2D eigenvalue weighted by atomic mass is 10.0. The van der Waals surface area contributed by atoms with E-state index in [2.05, 4.69) is 58.7 Å². The molecule has 0 spiro atoms. The molecule has 134 valence electrons. The largest absolute Gasteiger partial charge is 0.304 e. The highest BCUT2D eigenvalue weighted by Crippen LogP contribution is 2.39. The van der Waals surface area contributed by atoms with Crippen LogP contribution in [0.15, 0.2) is 30.3 Å². The highest BCUT2D eigenvalue weighted by Gasteiger charge is 2.31. The van der Waals surface area contributed by atoms with E-state index in [0.29, 0.717) is 12.0 Å². The first-order chi connectivity index (χ1) is 12.2. The smallest absolute Gasteiger partial charge is 0.199 e. The summed E-state index contributed by atoms with van der Waals surface area (Å²) in [6.45, 7) is 7.02. The Morgan fingerprint density at radius 3 is 2.60 bits per heavy atom. The second-order valence-electron chi connectivity index (χ2n) is 7.30. The summed E-state index contributed by atoms with van der Waals surface area (Å²) in [6.07, 6.45) is 2.51. The summed E-state index contributed by atoms with van der Waals surface area (Å²) in [5.74, 6) is 1.82. The molecule has 2 fully saturated rings. The van der Waals surface area contributed by atoms with Crippen molar-refractivity contribution in [2.75, 3.05) is 26.7 Å². The van der Waals surface area contributed by atoms with Gasteiger partial charge in [0.25, 0.3) is 0 Å². The fraction of sp³-hybridized carbons (Fsp3) is 0.579. The molecule has 1 atom stereocenters. The number of nitrogens with zero attached hydrogens (tertiary/aromatic N) is 5. The summed E-state index contributed by atoms with van der Waals surface area (Å²) < 4.78 is 5.14. The van der Waals surface area contributed by atoms with Crippen LogP contribution in [0.4, 0.5) is 0 Å². The number of piperazine rings is 1. The first kappa shape index (κ1) is 16.9. The van der Waals surface area contributed by atoms with Crippen molar-refractivity contribution >= 4 is 12.2 Å². The Morgan fingerprint density at radius 1 is 1.16 bits per heavy atom. The zero-order valence-corrected chi connectivity index (χ0v) is 16.0. The average Bonchev–Trinajstić information content (AvgIpc) is 3.43. The highest BCUT2D eigenvalue weighted by molar-refractivity contribution is 7.71. The molecule has 0 radical (unpaired) electrons. The molecule has 0 N–H and O–H groups in total. The Labute approximate surface area is 154 Å². The van der Waals surface area contributed by atoms with Gasteiger partial charge >= 0.3 is 0 Å². The van der Waals surface area contributed by atoms with E-state index in [1.807, 2.05) is 4.68 Å². The van der Waals surface area contributed by atoms with E-state index < -0.39 is 0 Å². The monoisotopic (exact) mass is 357 g/mol. The molecule has 2 aliphatic rings. The van der Waals surface area contributed by atoms with E-state index in [1.165, 1.54) is 24.2 Å². The lowest BCUT2D eigenvalue weighted by Gasteiger charge is -2.40. The van der Waals surface area contributed by atoms with Crippen LogP contribution in [0, 0.1) is 4.77 Å². The number of rotatable bonds is 5. The van der Waals surface area contributed by atoms with Crippen LogP contribution in [0.1, 0.15) is 43.1 Å². The molecule has 2 aromatic rings. The zero-order valence-electron chi connectivity index (χ0n) is 15.1. The van der Waals surface area contributed by atoms with Gasteiger partial charge in [-0.15, -0.1) is 0 Å². The fourth-order valence-corrected chi connectivity index (χ4v) is 4.10. The molecular formula is C19H27N5S. The van der Waals surface area contributed by atoms with Gasteiger partial charge in [0, 0.05) is 38.1 Å². The molecule has 2 heterocycles. The highest BCUT2D eigenvalue weighted by atomic mass is 32.1. The van der Waals surface area contributed by atoms with Gasteiger partial charge in [-0.2, -0.15) is 5.10 Å². The summed E-state index contributed by atoms with van der Waals surface area (Å²) >= 11 is 5.73.